The van der Waals surface area contributed by atoms with Crippen LogP contribution in [0.3, 0.4) is 0 Å². The summed E-state index contributed by atoms with van der Waals surface area (Å²) in [6, 6.07) is 11.0. The molecule has 0 saturated heterocycles. The maximum absolute atomic E-state index is 14.0. The molecule has 1 nitrogen and oxygen atoms in total. The smallest absolute Gasteiger partial charge is 0.159 e. The van der Waals surface area contributed by atoms with E-state index in [2.05, 4.69) is 12.1 Å². The van der Waals surface area contributed by atoms with Gasteiger partial charge in [-0.1, -0.05) is 23.9 Å². The van der Waals surface area contributed by atoms with Gasteiger partial charge in [-0.25, -0.2) is 4.39 Å². The number of aryl methyl sites for hydroxylation is 2. The van der Waals surface area contributed by atoms with E-state index in [4.69, 9.17) is 0 Å². The van der Waals surface area contributed by atoms with Crippen LogP contribution in [0.15, 0.2) is 46.2 Å². The van der Waals surface area contributed by atoms with Crippen molar-refractivity contribution in [3.8, 4) is 0 Å². The van der Waals surface area contributed by atoms with Gasteiger partial charge < -0.3 is 0 Å². The van der Waals surface area contributed by atoms with Crippen LogP contribution in [0.2, 0.25) is 0 Å². The van der Waals surface area contributed by atoms with Crippen LogP contribution >= 0.6 is 11.8 Å². The number of Topliss-reactive ketones (excluding diaryl/α,β-unsaturated/α-hetero) is 1. The molecule has 2 aromatic carbocycles. The molecule has 0 radical (unpaired) electrons. The first-order valence-corrected chi connectivity index (χ1v) is 7.55. The van der Waals surface area contributed by atoms with Crippen LogP contribution in [0.4, 0.5) is 4.39 Å². The first-order valence-electron chi connectivity index (χ1n) is 6.73. The highest BCUT2D eigenvalue weighted by molar-refractivity contribution is 7.99. The Labute approximate surface area is 122 Å². The summed E-state index contributed by atoms with van der Waals surface area (Å²) in [5.74, 6) is -0.443. The van der Waals surface area contributed by atoms with Crippen LogP contribution < -0.4 is 0 Å². The number of hydrogen-bond acceptors (Lipinski definition) is 2. The fourth-order valence-electron chi connectivity index (χ4n) is 2.54. The molecule has 0 fully saturated rings. The van der Waals surface area contributed by atoms with Crippen LogP contribution in [0.5, 0.6) is 0 Å². The minimum atomic E-state index is -0.330. The number of rotatable bonds is 3. The van der Waals surface area contributed by atoms with Gasteiger partial charge in [0.25, 0.3) is 0 Å². The lowest BCUT2D eigenvalue weighted by atomic mass is 10.1. The summed E-state index contributed by atoms with van der Waals surface area (Å²) in [7, 11) is 0. The molecule has 0 spiro atoms. The summed E-state index contributed by atoms with van der Waals surface area (Å²) in [4.78, 5) is 12.8. The predicted molar refractivity (Wildman–Crippen MR) is 79.0 cm³/mol. The highest BCUT2D eigenvalue weighted by Gasteiger charge is 2.13. The van der Waals surface area contributed by atoms with Gasteiger partial charge in [0.1, 0.15) is 5.82 Å². The van der Waals surface area contributed by atoms with Crippen LogP contribution in [0.1, 0.15) is 34.8 Å². The summed E-state index contributed by atoms with van der Waals surface area (Å²) >= 11 is 1.41. The largest absolute Gasteiger partial charge is 0.295 e. The second-order valence-corrected chi connectivity index (χ2v) is 6.20. The van der Waals surface area contributed by atoms with E-state index in [0.717, 1.165) is 17.7 Å². The van der Waals surface area contributed by atoms with Crippen molar-refractivity contribution >= 4 is 17.5 Å². The maximum atomic E-state index is 14.0. The molecular formula is C17H15FOS. The second kappa shape index (κ2) is 5.41. The summed E-state index contributed by atoms with van der Waals surface area (Å²) < 4.78 is 14.0. The summed E-state index contributed by atoms with van der Waals surface area (Å²) in [6.45, 7) is 1.45. The van der Waals surface area contributed by atoms with Crippen LogP contribution in [0.25, 0.3) is 0 Å². The quantitative estimate of drug-likeness (QED) is 0.763. The average molecular weight is 286 g/mol. The Balaban J connectivity index is 1.86. The molecule has 2 aromatic rings. The lowest BCUT2D eigenvalue weighted by Crippen LogP contribution is -1.93. The Bertz CT molecular complexity index is 679. The van der Waals surface area contributed by atoms with Crippen molar-refractivity contribution in [1.29, 1.82) is 0 Å². The van der Waals surface area contributed by atoms with Gasteiger partial charge in [-0.15, -0.1) is 0 Å². The molecule has 102 valence electrons. The fraction of sp³-hybridized carbons (Fsp3) is 0.235. The molecular weight excluding hydrogens is 271 g/mol. The topological polar surface area (TPSA) is 17.1 Å². The zero-order valence-corrected chi connectivity index (χ0v) is 12.1. The number of fused-ring (bicyclic) bond motifs is 1. The summed E-state index contributed by atoms with van der Waals surface area (Å²) in [5.41, 5.74) is 3.22. The molecule has 3 heteroatoms. The molecule has 0 amide bonds. The highest BCUT2D eigenvalue weighted by atomic mass is 32.2. The molecule has 0 aliphatic heterocycles. The molecule has 0 unspecified atom stereocenters. The number of carbonyl (C=O) groups is 1. The van der Waals surface area contributed by atoms with Crippen molar-refractivity contribution in [3.05, 3.63) is 58.9 Å². The van der Waals surface area contributed by atoms with Gasteiger partial charge in [0.05, 0.1) is 0 Å². The summed E-state index contributed by atoms with van der Waals surface area (Å²) in [5, 5.41) is 0. The normalized spacial score (nSPS) is 13.3. The zero-order chi connectivity index (χ0) is 14.1. The molecule has 0 atom stereocenters. The van der Waals surface area contributed by atoms with Crippen molar-refractivity contribution in [2.45, 2.75) is 36.0 Å². The number of hydrogen-bond donors (Lipinski definition) is 0. The van der Waals surface area contributed by atoms with Crippen molar-refractivity contribution in [2.24, 2.45) is 0 Å². The van der Waals surface area contributed by atoms with Crippen LogP contribution in [-0.4, -0.2) is 5.78 Å². The molecule has 0 bridgehead atoms. The Morgan fingerprint density at radius 3 is 2.65 bits per heavy atom. The molecule has 1 aliphatic carbocycles. The Kier molecular flexibility index (Phi) is 3.62. The van der Waals surface area contributed by atoms with Gasteiger partial charge in [-0.05, 0) is 61.6 Å². The lowest BCUT2D eigenvalue weighted by molar-refractivity contribution is 0.101. The van der Waals surface area contributed by atoms with Gasteiger partial charge in [0.15, 0.2) is 5.78 Å². The SMILES string of the molecule is CC(=O)c1ccc(Sc2ccc3c(c2)CCC3)c(F)c1. The van der Waals surface area contributed by atoms with Gasteiger partial charge >= 0.3 is 0 Å². The van der Waals surface area contributed by atoms with Crippen molar-refractivity contribution in [1.82, 2.24) is 0 Å². The van der Waals surface area contributed by atoms with Gasteiger partial charge in [-0.3, -0.25) is 4.79 Å². The average Bonchev–Trinajstić information content (AvgIpc) is 2.88. The van der Waals surface area contributed by atoms with Crippen LogP contribution in [0, 0.1) is 5.82 Å². The molecule has 3 rings (SSSR count). The Morgan fingerprint density at radius 2 is 1.90 bits per heavy atom. The third-order valence-electron chi connectivity index (χ3n) is 3.64. The van der Waals surface area contributed by atoms with E-state index in [-0.39, 0.29) is 11.6 Å². The van der Waals surface area contributed by atoms with E-state index < -0.39 is 0 Å². The molecule has 0 N–H and O–H groups in total. The molecule has 0 aromatic heterocycles. The Morgan fingerprint density at radius 1 is 1.10 bits per heavy atom. The van der Waals surface area contributed by atoms with Gasteiger partial charge in [0.2, 0.25) is 0 Å². The number of halogens is 1. The number of benzene rings is 2. The Hall–Kier alpha value is -1.61. The van der Waals surface area contributed by atoms with E-state index >= 15 is 0 Å². The van der Waals surface area contributed by atoms with E-state index in [1.807, 2.05) is 6.07 Å². The zero-order valence-electron chi connectivity index (χ0n) is 11.3. The maximum Gasteiger partial charge on any atom is 0.159 e. The standard InChI is InChI=1S/C17H15FOS/c1-11(19)13-6-8-17(16(18)10-13)20-15-7-5-12-3-2-4-14(12)9-15/h5-10H,2-4H2,1H3. The molecule has 0 heterocycles. The number of carbonyl (C=O) groups excluding carboxylic acids is 1. The molecule has 0 saturated carbocycles. The molecule has 1 aliphatic rings. The lowest BCUT2D eigenvalue weighted by Gasteiger charge is -2.07. The van der Waals surface area contributed by atoms with Gasteiger partial charge in [0, 0.05) is 15.4 Å². The van der Waals surface area contributed by atoms with Crippen molar-refractivity contribution in [2.75, 3.05) is 0 Å². The fourth-order valence-corrected chi connectivity index (χ4v) is 3.42. The predicted octanol–water partition coefficient (Wildman–Crippen LogP) is 4.67. The monoisotopic (exact) mass is 286 g/mol. The summed E-state index contributed by atoms with van der Waals surface area (Å²) in [6.07, 6.45) is 3.49. The second-order valence-electron chi connectivity index (χ2n) is 5.09. The van der Waals surface area contributed by atoms with E-state index in [9.17, 15) is 9.18 Å². The van der Waals surface area contributed by atoms with E-state index in [1.54, 1.807) is 12.1 Å². The van der Waals surface area contributed by atoms with Gasteiger partial charge in [-0.2, -0.15) is 0 Å². The van der Waals surface area contributed by atoms with E-state index in [0.29, 0.717) is 10.5 Å². The first kappa shape index (κ1) is 13.4. The van der Waals surface area contributed by atoms with Crippen molar-refractivity contribution in [3.63, 3.8) is 0 Å². The third-order valence-corrected chi connectivity index (χ3v) is 4.68. The third kappa shape index (κ3) is 2.63. The first-order chi connectivity index (χ1) is 9.63. The van der Waals surface area contributed by atoms with Crippen LogP contribution in [-0.2, 0) is 12.8 Å². The number of ketones is 1. The minimum absolute atomic E-state index is 0.113. The highest BCUT2D eigenvalue weighted by Crippen LogP contribution is 2.33. The minimum Gasteiger partial charge on any atom is -0.295 e. The van der Waals surface area contributed by atoms with Crippen molar-refractivity contribution < 1.29 is 9.18 Å². The molecule has 20 heavy (non-hydrogen) atoms. The van der Waals surface area contributed by atoms with E-state index in [1.165, 1.54) is 42.3 Å².